The van der Waals surface area contributed by atoms with E-state index in [-0.39, 0.29) is 5.91 Å². The maximum Gasteiger partial charge on any atom is 0.225 e. The van der Waals surface area contributed by atoms with Gasteiger partial charge in [-0.25, -0.2) is 4.98 Å². The lowest BCUT2D eigenvalue weighted by Gasteiger charge is -2.12. The topological polar surface area (TPSA) is 59.2 Å². The van der Waals surface area contributed by atoms with E-state index in [1.807, 2.05) is 0 Å². The molecule has 4 nitrogen and oxygen atoms in total. The summed E-state index contributed by atoms with van der Waals surface area (Å²) in [6.45, 7) is 2.24. The molecule has 0 radical (unpaired) electrons. The molecule has 13 heavy (non-hydrogen) atoms. The minimum absolute atomic E-state index is 0.0249. The molecule has 0 bridgehead atoms. The first-order chi connectivity index (χ1) is 6.20. The van der Waals surface area contributed by atoms with E-state index in [4.69, 9.17) is 5.73 Å². The molecule has 1 amide bonds. The normalized spacial score (nSPS) is 14.4. The Bertz CT molecular complexity index is 362. The van der Waals surface area contributed by atoms with Crippen molar-refractivity contribution >= 4 is 17.4 Å². The molecule has 1 aromatic heterocycles. The van der Waals surface area contributed by atoms with E-state index in [0.717, 1.165) is 23.5 Å². The van der Waals surface area contributed by atoms with Crippen LogP contribution in [0.3, 0.4) is 0 Å². The zero-order valence-corrected chi connectivity index (χ0v) is 7.45. The third-order valence-corrected chi connectivity index (χ3v) is 2.29. The molecule has 68 valence electrons. The van der Waals surface area contributed by atoms with E-state index < -0.39 is 0 Å². The highest BCUT2D eigenvalue weighted by atomic mass is 16.2. The average molecular weight is 177 g/mol. The van der Waals surface area contributed by atoms with Crippen LogP contribution in [-0.4, -0.2) is 17.4 Å². The molecule has 0 fully saturated rings. The number of amides is 1. The summed E-state index contributed by atoms with van der Waals surface area (Å²) in [5.74, 6) is 0.754. The van der Waals surface area contributed by atoms with Gasteiger partial charge < -0.3 is 5.73 Å². The maximum absolute atomic E-state index is 11.2. The molecule has 0 aromatic carbocycles. The van der Waals surface area contributed by atoms with Crippen LogP contribution < -0.4 is 10.6 Å². The Hall–Kier alpha value is -1.58. The van der Waals surface area contributed by atoms with Gasteiger partial charge in [0.2, 0.25) is 5.91 Å². The molecular formula is C9H11N3O. The number of carbonyl (C=O) groups is 1. The number of aromatic nitrogens is 1. The Labute approximate surface area is 76.4 Å². The fourth-order valence-electron chi connectivity index (χ4n) is 1.62. The van der Waals surface area contributed by atoms with Gasteiger partial charge >= 0.3 is 0 Å². The summed E-state index contributed by atoms with van der Waals surface area (Å²) < 4.78 is 0. The zero-order chi connectivity index (χ0) is 9.42. The Kier molecular flexibility index (Phi) is 1.69. The SMILES string of the molecule is CC(=O)N1CCc2c(N)ccnc21. The number of nitrogens with zero attached hydrogens (tertiary/aromatic N) is 2. The number of pyridine rings is 1. The molecule has 0 aliphatic carbocycles. The molecule has 0 spiro atoms. The Balaban J connectivity index is 2.49. The van der Waals surface area contributed by atoms with E-state index in [1.54, 1.807) is 24.1 Å². The largest absolute Gasteiger partial charge is 0.398 e. The molecule has 2 N–H and O–H groups in total. The van der Waals surface area contributed by atoms with E-state index >= 15 is 0 Å². The molecule has 0 saturated heterocycles. The van der Waals surface area contributed by atoms with Crippen LogP contribution in [0.15, 0.2) is 12.3 Å². The number of rotatable bonds is 0. The molecule has 4 heteroatoms. The molecule has 2 heterocycles. The van der Waals surface area contributed by atoms with Gasteiger partial charge in [0.05, 0.1) is 0 Å². The van der Waals surface area contributed by atoms with Gasteiger partial charge in [-0.15, -0.1) is 0 Å². The van der Waals surface area contributed by atoms with Crippen molar-refractivity contribution in [3.8, 4) is 0 Å². The minimum Gasteiger partial charge on any atom is -0.398 e. The molecule has 1 aliphatic rings. The predicted molar refractivity (Wildman–Crippen MR) is 50.4 cm³/mol. The second-order valence-corrected chi connectivity index (χ2v) is 3.12. The van der Waals surface area contributed by atoms with Gasteiger partial charge in [-0.05, 0) is 12.5 Å². The number of hydrogen-bond acceptors (Lipinski definition) is 3. The highest BCUT2D eigenvalue weighted by molar-refractivity contribution is 5.93. The van der Waals surface area contributed by atoms with Crippen molar-refractivity contribution in [2.75, 3.05) is 17.2 Å². The summed E-state index contributed by atoms with van der Waals surface area (Å²) in [6.07, 6.45) is 2.45. The summed E-state index contributed by atoms with van der Waals surface area (Å²) in [5.41, 5.74) is 7.48. The van der Waals surface area contributed by atoms with E-state index in [9.17, 15) is 4.79 Å². The van der Waals surface area contributed by atoms with Crippen molar-refractivity contribution < 1.29 is 4.79 Å². The lowest BCUT2D eigenvalue weighted by Crippen LogP contribution is -2.26. The van der Waals surface area contributed by atoms with Gasteiger partial charge in [-0.2, -0.15) is 0 Å². The molecule has 1 aromatic rings. The van der Waals surface area contributed by atoms with Gasteiger partial charge in [0.25, 0.3) is 0 Å². The minimum atomic E-state index is 0.0249. The Morgan fingerprint density at radius 3 is 3.15 bits per heavy atom. The predicted octanol–water partition coefficient (Wildman–Crippen LogP) is 0.573. The summed E-state index contributed by atoms with van der Waals surface area (Å²) in [5, 5.41) is 0. The lowest BCUT2D eigenvalue weighted by atomic mass is 10.2. The monoisotopic (exact) mass is 177 g/mol. The second kappa shape index (κ2) is 2.73. The number of nitrogen functional groups attached to an aromatic ring is 1. The van der Waals surface area contributed by atoms with Crippen molar-refractivity contribution in [2.24, 2.45) is 0 Å². The van der Waals surface area contributed by atoms with Crippen LogP contribution >= 0.6 is 0 Å². The van der Waals surface area contributed by atoms with Crippen LogP contribution in [0, 0.1) is 0 Å². The van der Waals surface area contributed by atoms with Crippen LogP contribution in [0.4, 0.5) is 11.5 Å². The van der Waals surface area contributed by atoms with Crippen LogP contribution in [0.1, 0.15) is 12.5 Å². The van der Waals surface area contributed by atoms with Gasteiger partial charge in [0, 0.05) is 30.9 Å². The summed E-state index contributed by atoms with van der Waals surface area (Å²) in [4.78, 5) is 17.0. The second-order valence-electron chi connectivity index (χ2n) is 3.12. The molecular weight excluding hydrogens is 166 g/mol. The quantitative estimate of drug-likeness (QED) is 0.630. The van der Waals surface area contributed by atoms with Gasteiger partial charge in [-0.3, -0.25) is 9.69 Å². The summed E-state index contributed by atoms with van der Waals surface area (Å²) in [7, 11) is 0. The molecule has 2 rings (SSSR count). The first-order valence-electron chi connectivity index (χ1n) is 4.21. The van der Waals surface area contributed by atoms with E-state index in [1.165, 1.54) is 0 Å². The summed E-state index contributed by atoms with van der Waals surface area (Å²) >= 11 is 0. The van der Waals surface area contributed by atoms with E-state index in [2.05, 4.69) is 4.98 Å². The third kappa shape index (κ3) is 1.14. The van der Waals surface area contributed by atoms with Crippen LogP contribution in [0.25, 0.3) is 0 Å². The zero-order valence-electron chi connectivity index (χ0n) is 7.45. The number of fused-ring (bicyclic) bond motifs is 1. The van der Waals surface area contributed by atoms with Crippen LogP contribution in [0.5, 0.6) is 0 Å². The molecule has 0 unspecified atom stereocenters. The number of anilines is 2. The number of nitrogens with two attached hydrogens (primary N) is 1. The van der Waals surface area contributed by atoms with Crippen molar-refractivity contribution in [2.45, 2.75) is 13.3 Å². The molecule has 1 aliphatic heterocycles. The third-order valence-electron chi connectivity index (χ3n) is 2.29. The highest BCUT2D eigenvalue weighted by Gasteiger charge is 2.24. The summed E-state index contributed by atoms with van der Waals surface area (Å²) in [6, 6.07) is 1.77. The fourth-order valence-corrected chi connectivity index (χ4v) is 1.62. The maximum atomic E-state index is 11.2. The average Bonchev–Trinajstić information content (AvgIpc) is 2.48. The van der Waals surface area contributed by atoms with Crippen molar-refractivity contribution in [1.29, 1.82) is 0 Å². The van der Waals surface area contributed by atoms with E-state index in [0.29, 0.717) is 6.54 Å². The first-order valence-corrected chi connectivity index (χ1v) is 4.21. The molecule has 0 saturated carbocycles. The van der Waals surface area contributed by atoms with Crippen LogP contribution in [0.2, 0.25) is 0 Å². The van der Waals surface area contributed by atoms with Crippen molar-refractivity contribution in [1.82, 2.24) is 4.98 Å². The first kappa shape index (κ1) is 8.04. The molecule has 0 atom stereocenters. The van der Waals surface area contributed by atoms with Crippen molar-refractivity contribution in [3.05, 3.63) is 17.8 Å². The van der Waals surface area contributed by atoms with Gasteiger partial charge in [0.1, 0.15) is 5.82 Å². The van der Waals surface area contributed by atoms with Crippen LogP contribution in [-0.2, 0) is 11.2 Å². The highest BCUT2D eigenvalue weighted by Crippen LogP contribution is 2.29. The number of hydrogen-bond donors (Lipinski definition) is 1. The standard InChI is InChI=1S/C9H11N3O/c1-6(13)12-5-3-7-8(10)2-4-11-9(7)12/h2,4H,3,5H2,1H3,(H2,10,11). The van der Waals surface area contributed by atoms with Gasteiger partial charge in [-0.1, -0.05) is 0 Å². The Morgan fingerprint density at radius 2 is 2.46 bits per heavy atom. The van der Waals surface area contributed by atoms with Gasteiger partial charge in [0.15, 0.2) is 0 Å². The smallest absolute Gasteiger partial charge is 0.225 e. The Morgan fingerprint density at radius 1 is 1.69 bits per heavy atom. The van der Waals surface area contributed by atoms with Crippen molar-refractivity contribution in [3.63, 3.8) is 0 Å². The lowest BCUT2D eigenvalue weighted by molar-refractivity contribution is -0.116. The number of carbonyl (C=O) groups excluding carboxylic acids is 1. The fraction of sp³-hybridized carbons (Fsp3) is 0.333.